The summed E-state index contributed by atoms with van der Waals surface area (Å²) in [4.78, 5) is 3.99. The summed E-state index contributed by atoms with van der Waals surface area (Å²) in [5.74, 6) is -5.57. The summed E-state index contributed by atoms with van der Waals surface area (Å²) in [6.07, 6.45) is 2.67. The first kappa shape index (κ1) is 10.8. The predicted molar refractivity (Wildman–Crippen MR) is 52.5 cm³/mol. The van der Waals surface area contributed by atoms with E-state index in [-0.39, 0.29) is 6.04 Å². The summed E-state index contributed by atoms with van der Waals surface area (Å²) in [5.41, 5.74) is -0.595. The Balaban J connectivity index is 2.08. The highest BCUT2D eigenvalue weighted by atomic mass is 19.2. The number of nitrogens with zero attached hydrogens (tertiary/aromatic N) is 2. The van der Waals surface area contributed by atoms with Crippen LogP contribution in [0.2, 0.25) is 0 Å². The number of aromatic nitrogens is 1. The normalized spacial score (nSPS) is 26.9. The third-order valence-corrected chi connectivity index (χ3v) is 3.67. The van der Waals surface area contributed by atoms with Crippen molar-refractivity contribution in [3.8, 4) is 0 Å². The average Bonchev–Trinajstić information content (AvgIpc) is 2.89. The molecule has 1 aromatic heterocycles. The molecule has 2 unspecified atom stereocenters. The molecule has 0 amide bonds. The third kappa shape index (κ3) is 1.50. The SMILES string of the molecule is Fc1nc(F)c(F)c(N2CC3CCC2C3)c1F. The van der Waals surface area contributed by atoms with E-state index in [1.54, 1.807) is 0 Å². The Kier molecular flexibility index (Phi) is 2.27. The van der Waals surface area contributed by atoms with Gasteiger partial charge >= 0.3 is 0 Å². The largest absolute Gasteiger partial charge is 0.363 e. The number of halogens is 4. The van der Waals surface area contributed by atoms with Gasteiger partial charge in [-0.1, -0.05) is 0 Å². The van der Waals surface area contributed by atoms with Crippen molar-refractivity contribution in [2.75, 3.05) is 11.4 Å². The Labute approximate surface area is 95.3 Å². The second-order valence-corrected chi connectivity index (χ2v) is 4.66. The highest BCUT2D eigenvalue weighted by Crippen LogP contribution is 2.42. The van der Waals surface area contributed by atoms with Crippen LogP contribution in [0.1, 0.15) is 19.3 Å². The van der Waals surface area contributed by atoms with Crippen LogP contribution in [0, 0.1) is 29.4 Å². The summed E-state index contributed by atoms with van der Waals surface area (Å²) in [7, 11) is 0. The zero-order valence-corrected chi connectivity index (χ0v) is 8.89. The zero-order chi connectivity index (χ0) is 12.2. The van der Waals surface area contributed by atoms with Crippen LogP contribution in [0.15, 0.2) is 0 Å². The summed E-state index contributed by atoms with van der Waals surface area (Å²) in [6, 6.07) is -0.00907. The predicted octanol–water partition coefficient (Wildman–Crippen LogP) is 2.63. The van der Waals surface area contributed by atoms with Gasteiger partial charge in [-0.25, -0.2) is 0 Å². The van der Waals surface area contributed by atoms with Gasteiger partial charge in [0.1, 0.15) is 5.69 Å². The molecule has 2 aliphatic rings. The molecule has 2 atom stereocenters. The lowest BCUT2D eigenvalue weighted by Crippen LogP contribution is -2.34. The maximum atomic E-state index is 13.5. The van der Waals surface area contributed by atoms with Crippen LogP contribution in [0.5, 0.6) is 0 Å². The standard InChI is InChI=1S/C11H10F4N2/c12-7-9(8(13)11(15)16-10(7)14)17-4-5-1-2-6(17)3-5/h5-6H,1-4H2. The highest BCUT2D eigenvalue weighted by Gasteiger charge is 2.41. The number of rotatable bonds is 1. The zero-order valence-electron chi connectivity index (χ0n) is 8.89. The molecule has 0 spiro atoms. The molecule has 0 aromatic carbocycles. The molecule has 2 fully saturated rings. The summed E-state index contributed by atoms with van der Waals surface area (Å²) < 4.78 is 53.1. The van der Waals surface area contributed by atoms with Gasteiger partial charge in [0.15, 0.2) is 0 Å². The van der Waals surface area contributed by atoms with Crippen LogP contribution >= 0.6 is 0 Å². The number of piperidine rings is 1. The molecule has 1 aromatic rings. The summed E-state index contributed by atoms with van der Waals surface area (Å²) in [6.45, 7) is 0.460. The van der Waals surface area contributed by atoms with Crippen molar-refractivity contribution in [1.82, 2.24) is 4.98 Å². The molecule has 1 saturated heterocycles. The van der Waals surface area contributed by atoms with Crippen LogP contribution in [-0.4, -0.2) is 17.6 Å². The molecule has 2 nitrogen and oxygen atoms in total. The van der Waals surface area contributed by atoms with Crippen LogP contribution in [0.3, 0.4) is 0 Å². The Bertz CT molecular complexity index is 451. The lowest BCUT2D eigenvalue weighted by molar-refractivity contribution is 0.401. The van der Waals surface area contributed by atoms with Crippen molar-refractivity contribution in [3.05, 3.63) is 23.5 Å². The van der Waals surface area contributed by atoms with Crippen LogP contribution in [-0.2, 0) is 0 Å². The van der Waals surface area contributed by atoms with Gasteiger partial charge in [-0.05, 0) is 25.2 Å². The van der Waals surface area contributed by atoms with Crippen LogP contribution in [0.4, 0.5) is 23.2 Å². The van der Waals surface area contributed by atoms with Crippen molar-refractivity contribution in [1.29, 1.82) is 0 Å². The number of pyridine rings is 1. The topological polar surface area (TPSA) is 16.1 Å². The first-order chi connectivity index (χ1) is 8.08. The number of anilines is 1. The van der Waals surface area contributed by atoms with Crippen molar-refractivity contribution in [3.63, 3.8) is 0 Å². The van der Waals surface area contributed by atoms with Crippen LogP contribution < -0.4 is 4.90 Å². The van der Waals surface area contributed by atoms with E-state index in [1.165, 1.54) is 4.90 Å². The molecule has 2 heterocycles. The van der Waals surface area contributed by atoms with Gasteiger partial charge in [0, 0.05) is 12.6 Å². The molecular formula is C11H10F4N2. The van der Waals surface area contributed by atoms with Crippen molar-refractivity contribution in [2.24, 2.45) is 5.92 Å². The van der Waals surface area contributed by atoms with Gasteiger partial charge in [0.05, 0.1) is 0 Å². The monoisotopic (exact) mass is 246 g/mol. The third-order valence-electron chi connectivity index (χ3n) is 3.67. The second kappa shape index (κ2) is 3.58. The van der Waals surface area contributed by atoms with E-state index in [2.05, 4.69) is 4.98 Å². The molecule has 6 heteroatoms. The van der Waals surface area contributed by atoms with Crippen molar-refractivity contribution in [2.45, 2.75) is 25.3 Å². The molecule has 0 N–H and O–H groups in total. The first-order valence-electron chi connectivity index (χ1n) is 5.54. The molecule has 1 aliphatic carbocycles. The Morgan fingerprint density at radius 2 is 1.65 bits per heavy atom. The summed E-state index contributed by atoms with van der Waals surface area (Å²) in [5, 5.41) is 0. The molecule has 17 heavy (non-hydrogen) atoms. The lowest BCUT2D eigenvalue weighted by Gasteiger charge is -2.29. The average molecular weight is 246 g/mol. The fraction of sp³-hybridized carbons (Fsp3) is 0.545. The second-order valence-electron chi connectivity index (χ2n) is 4.66. The van der Waals surface area contributed by atoms with Gasteiger partial charge < -0.3 is 4.90 Å². The molecule has 1 aliphatic heterocycles. The van der Waals surface area contributed by atoms with E-state index in [1.807, 2.05) is 0 Å². The van der Waals surface area contributed by atoms with Crippen molar-refractivity contribution < 1.29 is 17.6 Å². The first-order valence-corrected chi connectivity index (χ1v) is 5.54. The van der Waals surface area contributed by atoms with E-state index >= 15 is 0 Å². The quantitative estimate of drug-likeness (QED) is 0.559. The lowest BCUT2D eigenvalue weighted by atomic mass is 10.1. The van der Waals surface area contributed by atoms with Gasteiger partial charge in [0.25, 0.3) is 11.9 Å². The van der Waals surface area contributed by atoms with E-state index in [9.17, 15) is 17.6 Å². The highest BCUT2D eigenvalue weighted by molar-refractivity contribution is 5.51. The fourth-order valence-electron chi connectivity index (χ4n) is 2.93. The number of hydrogen-bond acceptors (Lipinski definition) is 2. The molecule has 3 rings (SSSR count). The maximum absolute atomic E-state index is 13.5. The van der Waals surface area contributed by atoms with E-state index < -0.39 is 29.2 Å². The Morgan fingerprint density at radius 1 is 1.00 bits per heavy atom. The minimum atomic E-state index is -1.58. The number of fused-ring (bicyclic) bond motifs is 2. The minimum absolute atomic E-state index is 0.00907. The van der Waals surface area contributed by atoms with Crippen molar-refractivity contribution >= 4 is 5.69 Å². The van der Waals surface area contributed by atoms with E-state index in [0.717, 1.165) is 19.3 Å². The summed E-state index contributed by atoms with van der Waals surface area (Å²) >= 11 is 0. The van der Waals surface area contributed by atoms with Gasteiger partial charge in [0.2, 0.25) is 11.6 Å². The maximum Gasteiger partial charge on any atom is 0.253 e. The fourth-order valence-corrected chi connectivity index (χ4v) is 2.93. The molecular weight excluding hydrogens is 236 g/mol. The van der Waals surface area contributed by atoms with E-state index in [4.69, 9.17) is 0 Å². The van der Waals surface area contributed by atoms with Crippen LogP contribution in [0.25, 0.3) is 0 Å². The Morgan fingerprint density at radius 3 is 2.12 bits per heavy atom. The number of hydrogen-bond donors (Lipinski definition) is 0. The van der Waals surface area contributed by atoms with Gasteiger partial charge in [-0.2, -0.15) is 22.5 Å². The smallest absolute Gasteiger partial charge is 0.253 e. The molecule has 2 bridgehead atoms. The van der Waals surface area contributed by atoms with Gasteiger partial charge in [-0.3, -0.25) is 0 Å². The van der Waals surface area contributed by atoms with Gasteiger partial charge in [-0.15, -0.1) is 0 Å². The Hall–Kier alpha value is -1.33. The molecule has 92 valence electrons. The van der Waals surface area contributed by atoms with E-state index in [0.29, 0.717) is 12.5 Å². The molecule has 0 radical (unpaired) electrons. The minimum Gasteiger partial charge on any atom is -0.363 e. The molecule has 1 saturated carbocycles.